The number of nitrogens with two attached hydrogens (primary N) is 2. The Morgan fingerprint density at radius 3 is 2.46 bits per heavy atom. The number of quaternary nitrogens is 1. The molecule has 0 amide bonds. The lowest BCUT2D eigenvalue weighted by Crippen LogP contribution is -2.76. The van der Waals surface area contributed by atoms with Gasteiger partial charge in [-0.2, -0.15) is 0 Å². The Labute approximate surface area is 88.2 Å². The van der Waals surface area contributed by atoms with Gasteiger partial charge < -0.3 is 16.2 Å². The molecule has 0 aromatic heterocycles. The standard InChI is InChI=1S/C8H14Cl2N2O/c1-5(4-13)6(8(10)11)3-7(9)12-2/h3,5,12-13H,4,11H2,1-2H3/p+1. The molecule has 5 heteroatoms. The molecular weight excluding hydrogens is 211 g/mol. The Morgan fingerprint density at radius 2 is 2.15 bits per heavy atom. The first-order chi connectivity index (χ1) is 6.02. The molecule has 3 nitrogen and oxygen atoms in total. The summed E-state index contributed by atoms with van der Waals surface area (Å²) in [4.78, 5) is 0. The van der Waals surface area contributed by atoms with E-state index in [-0.39, 0.29) is 17.7 Å². The molecule has 0 aliphatic carbocycles. The van der Waals surface area contributed by atoms with Gasteiger partial charge in [0.05, 0.1) is 7.05 Å². The molecule has 0 saturated heterocycles. The number of halogens is 2. The summed E-state index contributed by atoms with van der Waals surface area (Å²) in [6.45, 7) is 1.81. The lowest BCUT2D eigenvalue weighted by atomic mass is 10.0. The molecule has 0 bridgehead atoms. The van der Waals surface area contributed by atoms with Gasteiger partial charge in [-0.25, -0.2) is 0 Å². The Kier molecular flexibility index (Phi) is 6.16. The molecule has 0 fully saturated rings. The van der Waals surface area contributed by atoms with Gasteiger partial charge in [-0.05, 0) is 17.2 Å². The molecule has 0 rings (SSSR count). The van der Waals surface area contributed by atoms with Gasteiger partial charge in [-0.1, -0.05) is 18.5 Å². The third-order valence-corrected chi connectivity index (χ3v) is 2.20. The second-order valence-electron chi connectivity index (χ2n) is 2.70. The molecule has 1 unspecified atom stereocenters. The quantitative estimate of drug-likeness (QED) is 0.476. The van der Waals surface area contributed by atoms with Crippen LogP contribution < -0.4 is 11.1 Å². The van der Waals surface area contributed by atoms with Crippen LogP contribution in [0, 0.1) is 5.92 Å². The first-order valence-electron chi connectivity index (χ1n) is 3.95. The summed E-state index contributed by atoms with van der Waals surface area (Å²) in [5, 5.41) is 11.4. The van der Waals surface area contributed by atoms with E-state index in [1.54, 1.807) is 11.4 Å². The highest BCUT2D eigenvalue weighted by molar-refractivity contribution is 6.30. The van der Waals surface area contributed by atoms with Crippen molar-refractivity contribution in [2.75, 3.05) is 13.7 Å². The van der Waals surface area contributed by atoms with Gasteiger partial charge in [0.25, 0.3) is 0 Å². The van der Waals surface area contributed by atoms with Crippen molar-refractivity contribution in [1.29, 1.82) is 0 Å². The van der Waals surface area contributed by atoms with Crippen LogP contribution in [0.5, 0.6) is 0 Å². The van der Waals surface area contributed by atoms with E-state index in [2.05, 4.69) is 0 Å². The number of hydrogen-bond donors (Lipinski definition) is 3. The van der Waals surface area contributed by atoms with Gasteiger partial charge in [0.15, 0.2) is 5.16 Å². The van der Waals surface area contributed by atoms with Crippen molar-refractivity contribution in [3.05, 3.63) is 22.0 Å². The predicted molar refractivity (Wildman–Crippen MR) is 55.1 cm³/mol. The van der Waals surface area contributed by atoms with Crippen LogP contribution in [0.3, 0.4) is 0 Å². The molecule has 0 aromatic carbocycles. The summed E-state index contributed by atoms with van der Waals surface area (Å²) in [6, 6.07) is 0. The van der Waals surface area contributed by atoms with Crippen molar-refractivity contribution in [2.24, 2.45) is 11.7 Å². The lowest BCUT2D eigenvalue weighted by Gasteiger charge is -2.09. The van der Waals surface area contributed by atoms with E-state index in [9.17, 15) is 0 Å². The molecule has 0 aliphatic rings. The van der Waals surface area contributed by atoms with Crippen molar-refractivity contribution in [2.45, 2.75) is 6.92 Å². The van der Waals surface area contributed by atoms with Crippen molar-refractivity contribution >= 4 is 23.2 Å². The van der Waals surface area contributed by atoms with Crippen LogP contribution in [0.4, 0.5) is 0 Å². The summed E-state index contributed by atoms with van der Waals surface area (Å²) in [6.07, 6.45) is 1.66. The van der Waals surface area contributed by atoms with Gasteiger partial charge >= 0.3 is 0 Å². The topological polar surface area (TPSA) is 62.9 Å². The largest absolute Gasteiger partial charge is 0.396 e. The second kappa shape index (κ2) is 6.27. The average molecular weight is 226 g/mol. The molecule has 5 N–H and O–H groups in total. The zero-order chi connectivity index (χ0) is 10.4. The van der Waals surface area contributed by atoms with Crippen molar-refractivity contribution in [3.8, 4) is 0 Å². The number of hydrogen-bond acceptors (Lipinski definition) is 2. The van der Waals surface area contributed by atoms with Gasteiger partial charge in [0.1, 0.15) is 5.16 Å². The fraction of sp³-hybridized carbons (Fsp3) is 0.500. The summed E-state index contributed by atoms with van der Waals surface area (Å²) in [7, 11) is 1.81. The van der Waals surface area contributed by atoms with Crippen LogP contribution in [0.25, 0.3) is 0 Å². The average Bonchev–Trinajstić information content (AvgIpc) is 2.11. The van der Waals surface area contributed by atoms with Gasteiger partial charge in [-0.3, -0.25) is 0 Å². The van der Waals surface area contributed by atoms with E-state index in [1.165, 1.54) is 0 Å². The third kappa shape index (κ3) is 4.52. The fourth-order valence-corrected chi connectivity index (χ4v) is 1.14. The zero-order valence-corrected chi connectivity index (χ0v) is 9.23. The maximum absolute atomic E-state index is 8.91. The Balaban J connectivity index is 4.76. The smallest absolute Gasteiger partial charge is 0.198 e. The molecular formula is C8H15Cl2N2O+. The van der Waals surface area contributed by atoms with E-state index in [0.717, 1.165) is 0 Å². The predicted octanol–water partition coefficient (Wildman–Crippen LogP) is 0.297. The number of allylic oxidation sites excluding steroid dienone is 1. The van der Waals surface area contributed by atoms with Crippen LogP contribution in [0.15, 0.2) is 22.0 Å². The van der Waals surface area contributed by atoms with E-state index in [1.807, 2.05) is 14.0 Å². The number of aliphatic hydroxyl groups is 1. The lowest BCUT2D eigenvalue weighted by molar-refractivity contribution is -0.565. The Bertz CT molecular complexity index is 222. The maximum atomic E-state index is 8.91. The first kappa shape index (κ1) is 12.8. The summed E-state index contributed by atoms with van der Waals surface area (Å²) in [5.74, 6) is -0.105. The SMILES string of the molecule is C[NH2+]C(Cl)=CC(=C(N)Cl)C(C)CO. The summed E-state index contributed by atoms with van der Waals surface area (Å²) in [5.41, 5.74) is 6.09. The molecule has 0 saturated carbocycles. The van der Waals surface area contributed by atoms with Gasteiger partial charge in [0.2, 0.25) is 0 Å². The Morgan fingerprint density at radius 1 is 1.62 bits per heavy atom. The Hall–Kier alpha value is -0.220. The fourth-order valence-electron chi connectivity index (χ4n) is 0.777. The molecule has 1 atom stereocenters. The van der Waals surface area contributed by atoms with Crippen molar-refractivity contribution in [3.63, 3.8) is 0 Å². The maximum Gasteiger partial charge on any atom is 0.198 e. The normalized spacial score (nSPS) is 16.8. The van der Waals surface area contributed by atoms with Crippen LogP contribution in [-0.2, 0) is 0 Å². The molecule has 0 radical (unpaired) electrons. The second-order valence-corrected chi connectivity index (χ2v) is 3.55. The van der Waals surface area contributed by atoms with Crippen molar-refractivity contribution < 1.29 is 10.4 Å². The van der Waals surface area contributed by atoms with E-state index in [4.69, 9.17) is 34.0 Å². The summed E-state index contributed by atoms with van der Waals surface area (Å²) < 4.78 is 0. The minimum Gasteiger partial charge on any atom is -0.396 e. The number of aliphatic hydroxyl groups excluding tert-OH is 1. The molecule has 0 aromatic rings. The highest BCUT2D eigenvalue weighted by atomic mass is 35.5. The summed E-state index contributed by atoms with van der Waals surface area (Å²) >= 11 is 11.4. The van der Waals surface area contributed by atoms with Crippen LogP contribution in [-0.4, -0.2) is 18.8 Å². The molecule has 76 valence electrons. The molecule has 0 aliphatic heterocycles. The van der Waals surface area contributed by atoms with Gasteiger partial charge in [0, 0.05) is 18.6 Å². The van der Waals surface area contributed by atoms with Crippen LogP contribution >= 0.6 is 23.2 Å². The monoisotopic (exact) mass is 225 g/mol. The van der Waals surface area contributed by atoms with Crippen molar-refractivity contribution in [1.82, 2.24) is 0 Å². The van der Waals surface area contributed by atoms with Crippen LogP contribution in [0.2, 0.25) is 0 Å². The highest BCUT2D eigenvalue weighted by Crippen LogP contribution is 2.17. The number of rotatable bonds is 4. The van der Waals surface area contributed by atoms with E-state index >= 15 is 0 Å². The first-order valence-corrected chi connectivity index (χ1v) is 4.71. The molecule has 0 heterocycles. The third-order valence-electron chi connectivity index (χ3n) is 1.65. The highest BCUT2D eigenvalue weighted by Gasteiger charge is 2.10. The van der Waals surface area contributed by atoms with Gasteiger partial charge in [-0.15, -0.1) is 0 Å². The zero-order valence-electron chi connectivity index (χ0n) is 7.72. The molecule has 13 heavy (non-hydrogen) atoms. The minimum atomic E-state index is -0.105. The van der Waals surface area contributed by atoms with E-state index in [0.29, 0.717) is 10.7 Å². The van der Waals surface area contributed by atoms with Crippen LogP contribution in [0.1, 0.15) is 6.92 Å². The minimum absolute atomic E-state index is 0.00681. The molecule has 0 spiro atoms. The van der Waals surface area contributed by atoms with E-state index < -0.39 is 0 Å².